The number of halogens is 4. The lowest BCUT2D eigenvalue weighted by molar-refractivity contribution is 0.603. The lowest BCUT2D eigenvalue weighted by Gasteiger charge is -2.08. The number of anilines is 1. The van der Waals surface area contributed by atoms with Gasteiger partial charge in [-0.25, -0.2) is 13.8 Å². The van der Waals surface area contributed by atoms with Crippen molar-refractivity contribution in [3.8, 4) is 0 Å². The van der Waals surface area contributed by atoms with Crippen LogP contribution >= 0.6 is 34.5 Å². The fourth-order valence-corrected chi connectivity index (χ4v) is 2.37. The molecule has 17 heavy (non-hydrogen) atoms. The second-order valence-electron chi connectivity index (χ2n) is 3.15. The Labute approximate surface area is 110 Å². The second-order valence-corrected chi connectivity index (χ2v) is 5.23. The molecule has 0 fully saturated rings. The molecule has 1 aromatic carbocycles. The standard InChI is InChI=1S/C10H6Cl2F2N2S/c11-8-6(13)1-2-7(14)9(8)15-3-5-4-16-10(12)17-5/h1-2,4,15H,3H2. The van der Waals surface area contributed by atoms with Crippen molar-refractivity contribution >= 4 is 40.2 Å². The van der Waals surface area contributed by atoms with Crippen molar-refractivity contribution in [2.75, 3.05) is 5.32 Å². The maximum atomic E-state index is 13.4. The zero-order valence-electron chi connectivity index (χ0n) is 8.31. The zero-order valence-corrected chi connectivity index (χ0v) is 10.6. The van der Waals surface area contributed by atoms with Crippen molar-refractivity contribution in [2.24, 2.45) is 0 Å². The molecule has 0 unspecified atom stereocenters. The molecule has 0 radical (unpaired) electrons. The van der Waals surface area contributed by atoms with Crippen molar-refractivity contribution in [3.63, 3.8) is 0 Å². The molecule has 0 bridgehead atoms. The Morgan fingerprint density at radius 1 is 1.24 bits per heavy atom. The highest BCUT2D eigenvalue weighted by atomic mass is 35.5. The monoisotopic (exact) mass is 294 g/mol. The van der Waals surface area contributed by atoms with Crippen LogP contribution in [0.2, 0.25) is 9.49 Å². The molecule has 7 heteroatoms. The number of nitrogens with one attached hydrogen (secondary N) is 1. The van der Waals surface area contributed by atoms with Gasteiger partial charge in [0.25, 0.3) is 0 Å². The van der Waals surface area contributed by atoms with E-state index >= 15 is 0 Å². The van der Waals surface area contributed by atoms with Crippen molar-refractivity contribution in [2.45, 2.75) is 6.54 Å². The summed E-state index contributed by atoms with van der Waals surface area (Å²) in [7, 11) is 0. The minimum Gasteiger partial charge on any atom is -0.376 e. The van der Waals surface area contributed by atoms with Crippen LogP contribution in [0, 0.1) is 11.6 Å². The van der Waals surface area contributed by atoms with E-state index in [1.54, 1.807) is 6.20 Å². The first-order valence-corrected chi connectivity index (χ1v) is 6.12. The number of hydrogen-bond acceptors (Lipinski definition) is 3. The van der Waals surface area contributed by atoms with Crippen molar-refractivity contribution in [3.05, 3.63) is 44.3 Å². The van der Waals surface area contributed by atoms with Crippen molar-refractivity contribution < 1.29 is 8.78 Å². The van der Waals surface area contributed by atoms with E-state index in [9.17, 15) is 8.78 Å². The molecule has 2 nitrogen and oxygen atoms in total. The fraction of sp³-hybridized carbons (Fsp3) is 0.100. The highest BCUT2D eigenvalue weighted by molar-refractivity contribution is 7.15. The molecule has 2 aromatic rings. The van der Waals surface area contributed by atoms with Gasteiger partial charge in [0.1, 0.15) is 16.7 Å². The van der Waals surface area contributed by atoms with Gasteiger partial charge < -0.3 is 5.32 Å². The van der Waals surface area contributed by atoms with Gasteiger partial charge in [-0.3, -0.25) is 0 Å². The summed E-state index contributed by atoms with van der Waals surface area (Å²) in [5.74, 6) is -1.27. The minimum absolute atomic E-state index is 0.0591. The van der Waals surface area contributed by atoms with Crippen LogP contribution in [-0.2, 0) is 6.54 Å². The smallest absolute Gasteiger partial charge is 0.183 e. The van der Waals surface area contributed by atoms with Gasteiger partial charge in [0, 0.05) is 11.1 Å². The molecular formula is C10H6Cl2F2N2S. The van der Waals surface area contributed by atoms with Crippen LogP contribution in [0.5, 0.6) is 0 Å². The van der Waals surface area contributed by atoms with E-state index in [4.69, 9.17) is 23.2 Å². The van der Waals surface area contributed by atoms with E-state index in [0.717, 1.165) is 17.0 Å². The quantitative estimate of drug-likeness (QED) is 0.852. The van der Waals surface area contributed by atoms with Crippen LogP contribution in [0.25, 0.3) is 0 Å². The largest absolute Gasteiger partial charge is 0.376 e. The van der Waals surface area contributed by atoms with Gasteiger partial charge >= 0.3 is 0 Å². The summed E-state index contributed by atoms with van der Waals surface area (Å²) in [6.45, 7) is 0.282. The van der Waals surface area contributed by atoms with Gasteiger partial charge in [-0.1, -0.05) is 23.2 Å². The Morgan fingerprint density at radius 2 is 1.94 bits per heavy atom. The maximum absolute atomic E-state index is 13.4. The van der Waals surface area contributed by atoms with Gasteiger partial charge in [0.2, 0.25) is 0 Å². The second kappa shape index (κ2) is 5.16. The maximum Gasteiger partial charge on any atom is 0.183 e. The fourth-order valence-electron chi connectivity index (χ4n) is 1.23. The lowest BCUT2D eigenvalue weighted by atomic mass is 10.3. The molecule has 1 N–H and O–H groups in total. The summed E-state index contributed by atoms with van der Waals surface area (Å²) in [6, 6.07) is 2.00. The third-order valence-electron chi connectivity index (χ3n) is 2.01. The predicted molar refractivity (Wildman–Crippen MR) is 65.8 cm³/mol. The Morgan fingerprint density at radius 3 is 2.59 bits per heavy atom. The van der Waals surface area contributed by atoms with E-state index in [1.807, 2.05) is 0 Å². The normalized spacial score (nSPS) is 10.6. The van der Waals surface area contributed by atoms with Crippen LogP contribution in [0.15, 0.2) is 18.3 Å². The Hall–Kier alpha value is -0.910. The Kier molecular flexibility index (Phi) is 3.81. The van der Waals surface area contributed by atoms with E-state index in [2.05, 4.69) is 10.3 Å². The van der Waals surface area contributed by atoms with E-state index in [-0.39, 0.29) is 17.3 Å². The first kappa shape index (κ1) is 12.5. The summed E-state index contributed by atoms with van der Waals surface area (Å²) in [5, 5.41) is 2.45. The number of thiazole rings is 1. The zero-order chi connectivity index (χ0) is 12.4. The molecule has 0 aliphatic carbocycles. The lowest BCUT2D eigenvalue weighted by Crippen LogP contribution is -2.01. The van der Waals surface area contributed by atoms with Gasteiger partial charge in [0.05, 0.1) is 12.2 Å². The number of benzene rings is 1. The van der Waals surface area contributed by atoms with Gasteiger partial charge in [-0.15, -0.1) is 11.3 Å². The van der Waals surface area contributed by atoms with E-state index in [1.165, 1.54) is 11.3 Å². The topological polar surface area (TPSA) is 24.9 Å². The molecule has 1 aromatic heterocycles. The summed E-state index contributed by atoms with van der Waals surface area (Å²) >= 11 is 12.6. The molecule has 0 saturated carbocycles. The third-order valence-corrected chi connectivity index (χ3v) is 3.49. The van der Waals surface area contributed by atoms with E-state index < -0.39 is 11.6 Å². The van der Waals surface area contributed by atoms with Gasteiger partial charge in [-0.2, -0.15) is 0 Å². The van der Waals surface area contributed by atoms with Crippen LogP contribution in [0.1, 0.15) is 4.88 Å². The summed E-state index contributed by atoms with van der Waals surface area (Å²) < 4.78 is 26.9. The number of nitrogens with zero attached hydrogens (tertiary/aromatic N) is 1. The summed E-state index contributed by atoms with van der Waals surface area (Å²) in [6.07, 6.45) is 1.56. The average Bonchev–Trinajstić information content (AvgIpc) is 2.70. The highest BCUT2D eigenvalue weighted by Gasteiger charge is 2.12. The molecule has 0 spiro atoms. The first-order chi connectivity index (χ1) is 8.08. The van der Waals surface area contributed by atoms with E-state index in [0.29, 0.717) is 4.47 Å². The number of hydrogen-bond donors (Lipinski definition) is 1. The third kappa shape index (κ3) is 2.86. The average molecular weight is 295 g/mol. The van der Waals surface area contributed by atoms with Crippen LogP contribution in [0.3, 0.4) is 0 Å². The Balaban J connectivity index is 2.16. The van der Waals surface area contributed by atoms with Crippen LogP contribution in [-0.4, -0.2) is 4.98 Å². The number of rotatable bonds is 3. The predicted octanol–water partition coefficient (Wildman–Crippen LogP) is 4.34. The molecule has 2 rings (SSSR count). The SMILES string of the molecule is Fc1ccc(F)c(NCc2cnc(Cl)s2)c1Cl. The molecule has 0 aliphatic heterocycles. The first-order valence-electron chi connectivity index (χ1n) is 4.55. The molecule has 0 amide bonds. The van der Waals surface area contributed by atoms with Gasteiger partial charge in [0.15, 0.2) is 4.47 Å². The molecular weight excluding hydrogens is 289 g/mol. The number of aromatic nitrogens is 1. The van der Waals surface area contributed by atoms with Crippen LogP contribution in [0.4, 0.5) is 14.5 Å². The molecule has 0 atom stereocenters. The Bertz CT molecular complexity index is 545. The van der Waals surface area contributed by atoms with Crippen molar-refractivity contribution in [1.82, 2.24) is 4.98 Å². The van der Waals surface area contributed by atoms with Crippen LogP contribution < -0.4 is 5.32 Å². The summed E-state index contributed by atoms with van der Waals surface area (Å²) in [5.41, 5.74) is -0.0591. The highest BCUT2D eigenvalue weighted by Crippen LogP contribution is 2.29. The molecule has 0 aliphatic rings. The van der Waals surface area contributed by atoms with Crippen molar-refractivity contribution in [1.29, 1.82) is 0 Å². The summed E-state index contributed by atoms with van der Waals surface area (Å²) in [4.78, 5) is 4.64. The van der Waals surface area contributed by atoms with Gasteiger partial charge in [-0.05, 0) is 12.1 Å². The molecule has 90 valence electrons. The minimum atomic E-state index is -0.669. The molecule has 1 heterocycles. The molecule has 0 saturated heterocycles.